The number of ether oxygens (including phenoxy) is 1. The Balaban J connectivity index is 1.77. The molecule has 1 fully saturated rings. The normalized spacial score (nSPS) is 17.3. The van der Waals surface area contributed by atoms with Crippen LogP contribution in [0.3, 0.4) is 0 Å². The summed E-state index contributed by atoms with van der Waals surface area (Å²) in [5.41, 5.74) is 2.72. The number of carbonyl (C=O) groups excluding carboxylic acids is 1. The van der Waals surface area contributed by atoms with Crippen LogP contribution in [-0.4, -0.2) is 36.3 Å². The maximum absolute atomic E-state index is 14.3. The molecule has 2 atom stereocenters. The summed E-state index contributed by atoms with van der Waals surface area (Å²) < 4.78 is 66.7. The highest BCUT2D eigenvalue weighted by Gasteiger charge is 2.35. The number of hydrogen-bond donors (Lipinski definition) is 2. The molecule has 42 heavy (non-hydrogen) atoms. The predicted molar refractivity (Wildman–Crippen MR) is 156 cm³/mol. The summed E-state index contributed by atoms with van der Waals surface area (Å²) in [6.07, 6.45) is -0.883. The van der Waals surface area contributed by atoms with E-state index in [1.165, 1.54) is 36.4 Å². The molecular formula is C32H32F2N2O5S. The van der Waals surface area contributed by atoms with Gasteiger partial charge in [-0.2, -0.15) is 0 Å². The monoisotopic (exact) mass is 594 g/mol. The molecule has 0 bridgehead atoms. The molecule has 10 heteroatoms. The smallest absolute Gasteiger partial charge is 0.308 e. The first-order valence-electron chi connectivity index (χ1n) is 13.8. The van der Waals surface area contributed by atoms with Crippen molar-refractivity contribution in [2.45, 2.75) is 62.7 Å². The summed E-state index contributed by atoms with van der Waals surface area (Å²) in [5, 5.41) is 10.2. The van der Waals surface area contributed by atoms with Gasteiger partial charge in [0, 0.05) is 36.3 Å². The maximum atomic E-state index is 14.3. The Morgan fingerprint density at radius 2 is 1.55 bits per heavy atom. The molecule has 0 amide bonds. The standard InChI is InChI=1S/C32H32F2N2O5S/c1-20(2)30-32(42(39,40)35-25-6-4-3-5-7-25)29(21-8-12-23(33)13-9-21)31(22-10-14-24(34)15-11-22)36(30)17-16-27-18-26(37)19-28(38)41-27/h3-15,20,26-27,35,37H,16-19H2,1-2H3/t26-,27?/m1/s1. The van der Waals surface area contributed by atoms with Gasteiger partial charge in [-0.1, -0.05) is 44.2 Å². The number of aliphatic hydroxyl groups excluding tert-OH is 1. The van der Waals surface area contributed by atoms with Crippen LogP contribution in [0.1, 0.15) is 44.7 Å². The number of nitrogens with zero attached hydrogens (tertiary/aromatic N) is 1. The molecule has 1 aromatic heterocycles. The zero-order chi connectivity index (χ0) is 30.0. The van der Waals surface area contributed by atoms with Crippen LogP contribution < -0.4 is 4.72 Å². The lowest BCUT2D eigenvalue weighted by Gasteiger charge is -2.27. The first-order valence-corrected chi connectivity index (χ1v) is 15.3. The molecule has 2 heterocycles. The molecule has 1 aliphatic rings. The van der Waals surface area contributed by atoms with Crippen molar-refractivity contribution < 1.29 is 31.8 Å². The number of aliphatic hydroxyl groups is 1. The van der Waals surface area contributed by atoms with E-state index in [1.807, 2.05) is 18.4 Å². The number of rotatable bonds is 9. The van der Waals surface area contributed by atoms with E-state index >= 15 is 0 Å². The number of cyclic esters (lactones) is 1. The number of halogens is 2. The molecule has 1 saturated heterocycles. The number of benzene rings is 3. The van der Waals surface area contributed by atoms with Gasteiger partial charge in [0.25, 0.3) is 10.0 Å². The SMILES string of the molecule is CC(C)c1c(S(=O)(=O)Nc2ccccc2)c(-c2ccc(F)cc2)c(-c2ccc(F)cc2)n1CCC1C[C@@H](O)CC(=O)O1. The average Bonchev–Trinajstić information content (AvgIpc) is 3.29. The van der Waals surface area contributed by atoms with Gasteiger partial charge >= 0.3 is 5.97 Å². The number of hydrogen-bond acceptors (Lipinski definition) is 5. The van der Waals surface area contributed by atoms with Gasteiger partial charge in [-0.05, 0) is 65.6 Å². The minimum absolute atomic E-state index is 0.0213. The first-order chi connectivity index (χ1) is 20.0. The molecule has 3 aromatic carbocycles. The van der Waals surface area contributed by atoms with Gasteiger partial charge in [0.1, 0.15) is 22.6 Å². The number of nitrogens with one attached hydrogen (secondary N) is 1. The summed E-state index contributed by atoms with van der Waals surface area (Å²) in [5.74, 6) is -1.72. The lowest BCUT2D eigenvalue weighted by Crippen LogP contribution is -2.33. The molecule has 0 spiro atoms. The minimum atomic E-state index is -4.22. The van der Waals surface area contributed by atoms with Crippen molar-refractivity contribution in [3.63, 3.8) is 0 Å². The molecular weight excluding hydrogens is 562 g/mol. The second-order valence-electron chi connectivity index (χ2n) is 10.7. The van der Waals surface area contributed by atoms with Gasteiger partial charge in [0.05, 0.1) is 18.2 Å². The van der Waals surface area contributed by atoms with Crippen molar-refractivity contribution in [2.75, 3.05) is 4.72 Å². The van der Waals surface area contributed by atoms with Crippen molar-refractivity contribution in [1.82, 2.24) is 4.57 Å². The van der Waals surface area contributed by atoms with E-state index in [1.54, 1.807) is 42.5 Å². The van der Waals surface area contributed by atoms with Crippen LogP contribution in [0.4, 0.5) is 14.5 Å². The number of para-hydroxylation sites is 1. The van der Waals surface area contributed by atoms with Crippen LogP contribution >= 0.6 is 0 Å². The van der Waals surface area contributed by atoms with Crippen LogP contribution in [0, 0.1) is 11.6 Å². The number of carbonyl (C=O) groups is 1. The Bertz CT molecular complexity index is 1670. The third-order valence-corrected chi connectivity index (χ3v) is 8.71. The number of sulfonamides is 1. The largest absolute Gasteiger partial charge is 0.462 e. The summed E-state index contributed by atoms with van der Waals surface area (Å²) >= 11 is 0. The van der Waals surface area contributed by atoms with Gasteiger partial charge in [0.2, 0.25) is 0 Å². The Kier molecular flexibility index (Phi) is 8.47. The molecule has 0 saturated carbocycles. The Morgan fingerprint density at radius 3 is 2.12 bits per heavy atom. The van der Waals surface area contributed by atoms with Crippen LogP contribution in [-0.2, 0) is 26.1 Å². The summed E-state index contributed by atoms with van der Waals surface area (Å²) in [7, 11) is -4.22. The van der Waals surface area contributed by atoms with Gasteiger partial charge in [-0.3, -0.25) is 9.52 Å². The molecule has 1 unspecified atom stereocenters. The summed E-state index contributed by atoms with van der Waals surface area (Å²) in [6, 6.07) is 19.8. The minimum Gasteiger partial charge on any atom is -0.462 e. The average molecular weight is 595 g/mol. The van der Waals surface area contributed by atoms with Crippen LogP contribution in [0.15, 0.2) is 83.8 Å². The van der Waals surface area contributed by atoms with E-state index < -0.39 is 39.8 Å². The quantitative estimate of drug-likeness (QED) is 0.216. The van der Waals surface area contributed by atoms with Gasteiger partial charge in [-0.15, -0.1) is 0 Å². The van der Waals surface area contributed by atoms with Gasteiger partial charge in [0.15, 0.2) is 0 Å². The summed E-state index contributed by atoms with van der Waals surface area (Å²) in [6.45, 7) is 3.99. The van der Waals surface area contributed by atoms with E-state index in [0.717, 1.165) is 0 Å². The van der Waals surface area contributed by atoms with Crippen molar-refractivity contribution >= 4 is 21.7 Å². The van der Waals surface area contributed by atoms with Crippen LogP contribution in [0.2, 0.25) is 0 Å². The molecule has 0 radical (unpaired) electrons. The third kappa shape index (κ3) is 6.24. The fourth-order valence-corrected chi connectivity index (χ4v) is 7.16. The number of esters is 1. The molecule has 5 rings (SSSR count). The third-order valence-electron chi connectivity index (χ3n) is 7.26. The first kappa shape index (κ1) is 29.5. The van der Waals surface area contributed by atoms with Gasteiger partial charge < -0.3 is 14.4 Å². The van der Waals surface area contributed by atoms with Crippen molar-refractivity contribution in [3.8, 4) is 22.4 Å². The highest BCUT2D eigenvalue weighted by molar-refractivity contribution is 7.93. The highest BCUT2D eigenvalue weighted by Crippen LogP contribution is 2.45. The van der Waals surface area contributed by atoms with Crippen molar-refractivity contribution in [2.24, 2.45) is 0 Å². The molecule has 4 aromatic rings. The fraction of sp³-hybridized carbons (Fsp3) is 0.281. The summed E-state index contributed by atoms with van der Waals surface area (Å²) in [4.78, 5) is 12.0. The lowest BCUT2D eigenvalue weighted by atomic mass is 10.00. The number of anilines is 1. The van der Waals surface area contributed by atoms with E-state index in [9.17, 15) is 27.1 Å². The van der Waals surface area contributed by atoms with Gasteiger partial charge in [-0.25, -0.2) is 17.2 Å². The van der Waals surface area contributed by atoms with Crippen LogP contribution in [0.5, 0.6) is 0 Å². The molecule has 220 valence electrons. The molecule has 2 N–H and O–H groups in total. The van der Waals surface area contributed by atoms with E-state index in [0.29, 0.717) is 40.2 Å². The van der Waals surface area contributed by atoms with E-state index in [2.05, 4.69) is 4.72 Å². The maximum Gasteiger partial charge on any atom is 0.308 e. The Hall–Kier alpha value is -4.02. The van der Waals surface area contributed by atoms with Crippen molar-refractivity contribution in [3.05, 3.63) is 96.2 Å². The van der Waals surface area contributed by atoms with E-state index in [-0.39, 0.29) is 30.2 Å². The second-order valence-corrected chi connectivity index (χ2v) is 12.3. The number of aromatic nitrogens is 1. The zero-order valence-corrected chi connectivity index (χ0v) is 24.1. The fourth-order valence-electron chi connectivity index (χ4n) is 5.51. The van der Waals surface area contributed by atoms with E-state index in [4.69, 9.17) is 4.74 Å². The molecule has 0 aliphatic carbocycles. The second kappa shape index (κ2) is 12.1. The zero-order valence-electron chi connectivity index (χ0n) is 23.3. The van der Waals surface area contributed by atoms with Crippen LogP contribution in [0.25, 0.3) is 22.4 Å². The highest BCUT2D eigenvalue weighted by atomic mass is 32.2. The Morgan fingerprint density at radius 1 is 0.952 bits per heavy atom. The predicted octanol–water partition coefficient (Wildman–Crippen LogP) is 6.48. The molecule has 7 nitrogen and oxygen atoms in total. The van der Waals surface area contributed by atoms with Crippen molar-refractivity contribution in [1.29, 1.82) is 0 Å². The topological polar surface area (TPSA) is 97.6 Å². The molecule has 1 aliphatic heterocycles. The Labute approximate surface area is 243 Å². The lowest BCUT2D eigenvalue weighted by molar-refractivity contribution is -0.160.